The van der Waals surface area contributed by atoms with Gasteiger partial charge in [-0.3, -0.25) is 0 Å². The van der Waals surface area contributed by atoms with Gasteiger partial charge in [-0.05, 0) is 91.8 Å². The lowest BCUT2D eigenvalue weighted by atomic mass is 9.44. The number of aliphatic hydroxyl groups excluding tert-OH is 12. The Kier molecular flexibility index (Phi) is 15.1. The smallest absolute Gasteiger partial charge is 0.187 e. The molecule has 4 aliphatic heterocycles. The van der Waals surface area contributed by atoms with Gasteiger partial charge in [0.25, 0.3) is 0 Å². The molecule has 65 heavy (non-hydrogen) atoms. The summed E-state index contributed by atoms with van der Waals surface area (Å²) in [4.78, 5) is 0. The molecule has 28 atom stereocenters. The van der Waals surface area contributed by atoms with E-state index in [0.29, 0.717) is 25.2 Å². The summed E-state index contributed by atoms with van der Waals surface area (Å²) in [5.41, 5.74) is -0.356. The van der Waals surface area contributed by atoms with Crippen molar-refractivity contribution in [2.45, 2.75) is 202 Å². The maximum absolute atomic E-state index is 12.2. The van der Waals surface area contributed by atoms with Gasteiger partial charge in [-0.1, -0.05) is 27.7 Å². The van der Waals surface area contributed by atoms with Crippen LogP contribution in [0.15, 0.2) is 0 Å². The van der Waals surface area contributed by atoms with Crippen LogP contribution in [0, 0.1) is 52.3 Å². The highest BCUT2D eigenvalue weighted by Crippen LogP contribution is 2.71. The average Bonchev–Trinajstić information content (AvgIpc) is 3.69. The van der Waals surface area contributed by atoms with E-state index in [0.717, 1.165) is 32.1 Å². The molecule has 0 amide bonds. The molecule has 4 heterocycles. The lowest BCUT2D eigenvalue weighted by Crippen LogP contribution is -2.65. The molecular formula is C45H76O20. The van der Waals surface area contributed by atoms with Crippen molar-refractivity contribution in [3.8, 4) is 0 Å². The van der Waals surface area contributed by atoms with E-state index in [9.17, 15) is 66.4 Å². The van der Waals surface area contributed by atoms with Gasteiger partial charge in [0.05, 0.1) is 44.7 Å². The lowest BCUT2D eigenvalue weighted by Gasteiger charge is -2.61. The van der Waals surface area contributed by atoms with Crippen molar-refractivity contribution in [3.63, 3.8) is 0 Å². The van der Waals surface area contributed by atoms with E-state index in [4.69, 9.17) is 33.2 Å². The van der Waals surface area contributed by atoms with E-state index in [2.05, 4.69) is 13.8 Å². The summed E-state index contributed by atoms with van der Waals surface area (Å²) in [6.45, 7) is 6.79. The van der Waals surface area contributed by atoms with E-state index in [-0.39, 0.29) is 65.5 Å². The van der Waals surface area contributed by atoms with Crippen molar-refractivity contribution in [1.29, 1.82) is 0 Å². The van der Waals surface area contributed by atoms with Crippen molar-refractivity contribution in [1.82, 2.24) is 0 Å². The molecule has 20 nitrogen and oxygen atoms in total. The molecule has 4 saturated heterocycles. The van der Waals surface area contributed by atoms with Crippen molar-refractivity contribution in [2.24, 2.45) is 52.3 Å². The molecule has 20 heteroatoms. The first-order valence-corrected chi connectivity index (χ1v) is 24.0. The molecule has 376 valence electrons. The second-order valence-corrected chi connectivity index (χ2v) is 21.6. The summed E-state index contributed by atoms with van der Waals surface area (Å²) in [6, 6.07) is 0. The maximum atomic E-state index is 12.2. The molecule has 8 fully saturated rings. The highest BCUT2D eigenvalue weighted by atomic mass is 16.8. The maximum Gasteiger partial charge on any atom is 0.187 e. The Hall–Kier alpha value is -0.800. The lowest BCUT2D eigenvalue weighted by molar-refractivity contribution is -0.373. The summed E-state index contributed by atoms with van der Waals surface area (Å²) in [7, 11) is 0. The minimum Gasteiger partial charge on any atom is -0.394 e. The molecule has 13 N–H and O–H groups in total. The summed E-state index contributed by atoms with van der Waals surface area (Å²) in [5, 5.41) is 137. The zero-order chi connectivity index (χ0) is 47.1. The fourth-order valence-electron chi connectivity index (χ4n) is 14.2. The normalized spacial score (nSPS) is 56.1. The zero-order valence-electron chi connectivity index (χ0n) is 37.8. The highest BCUT2D eigenvalue weighted by Gasteiger charge is 2.71. The molecule has 0 aromatic heterocycles. The third kappa shape index (κ3) is 8.78. The topological polar surface area (TPSA) is 328 Å². The van der Waals surface area contributed by atoms with Crippen LogP contribution >= 0.6 is 0 Å². The molecular weight excluding hydrogens is 860 g/mol. The first-order chi connectivity index (χ1) is 30.7. The molecule has 0 unspecified atom stereocenters. The molecule has 8 aliphatic rings. The summed E-state index contributed by atoms with van der Waals surface area (Å²) < 4.78 is 41.7. The Balaban J connectivity index is 0.885. The van der Waals surface area contributed by atoms with E-state index in [1.165, 1.54) is 0 Å². The molecule has 0 radical (unpaired) electrons. The number of ether oxygens (including phenoxy) is 7. The molecule has 0 aromatic carbocycles. The fourth-order valence-corrected chi connectivity index (χ4v) is 14.2. The Bertz CT molecular complexity index is 1600. The van der Waals surface area contributed by atoms with E-state index >= 15 is 0 Å². The predicted octanol–water partition coefficient (Wildman–Crippen LogP) is -2.81. The standard InChI is InChI=1S/C45H76O20/c1-18(17-59-40-36(56)33(53)29(49)24(14-46)61-40)7-12-45(58)19(2)27-38(65-45)32(52)28-22-6-5-20-13-21(8-10-43(20,3)23(22)9-11-44(27,28)4)60-42-39(35(55)31(51)26(16-48)63-42)64-41-37(57)34(54)30(50)25(15-47)62-41/h18-42,46-58H,5-17H2,1-4H3/t18-,19-,20+,21-,22+,23-,24+,25+,26+,27-,28+,29+,30+,31-,32+,33-,34-,35-,36+,37+,38+,39+,40+,41-,42+,43-,44+,45+/m0/s1. The van der Waals surface area contributed by atoms with Gasteiger partial charge in [0.1, 0.15) is 73.2 Å². The van der Waals surface area contributed by atoms with Gasteiger partial charge < -0.3 is 99.5 Å². The summed E-state index contributed by atoms with van der Waals surface area (Å²) in [5.74, 6) is -1.18. The van der Waals surface area contributed by atoms with Crippen LogP contribution in [-0.4, -0.2) is 209 Å². The van der Waals surface area contributed by atoms with Crippen molar-refractivity contribution >= 4 is 0 Å². The zero-order valence-corrected chi connectivity index (χ0v) is 37.8. The molecule has 4 saturated carbocycles. The Morgan fingerprint density at radius 3 is 1.82 bits per heavy atom. The highest BCUT2D eigenvalue weighted by molar-refractivity contribution is 5.18. The quantitative estimate of drug-likeness (QED) is 0.0829. The number of hydrogen-bond acceptors (Lipinski definition) is 20. The van der Waals surface area contributed by atoms with Crippen LogP contribution < -0.4 is 0 Å². The molecule has 0 bridgehead atoms. The van der Waals surface area contributed by atoms with E-state index in [1.807, 2.05) is 13.8 Å². The number of aliphatic hydroxyl groups is 13. The molecule has 0 spiro atoms. The van der Waals surface area contributed by atoms with Crippen LogP contribution in [0.3, 0.4) is 0 Å². The van der Waals surface area contributed by atoms with Crippen LogP contribution in [0.4, 0.5) is 0 Å². The largest absolute Gasteiger partial charge is 0.394 e. The Labute approximate surface area is 379 Å². The molecule has 8 rings (SSSR count). The summed E-state index contributed by atoms with van der Waals surface area (Å²) in [6.07, 6.45) is -17.3. The minimum absolute atomic E-state index is 0.0276. The molecule has 4 aliphatic carbocycles. The van der Waals surface area contributed by atoms with Crippen LogP contribution in [0.25, 0.3) is 0 Å². The second-order valence-electron chi connectivity index (χ2n) is 21.6. The Morgan fingerprint density at radius 1 is 0.615 bits per heavy atom. The Morgan fingerprint density at radius 2 is 1.18 bits per heavy atom. The van der Waals surface area contributed by atoms with E-state index in [1.54, 1.807) is 0 Å². The number of hydrogen-bond donors (Lipinski definition) is 13. The van der Waals surface area contributed by atoms with Crippen LogP contribution in [0.1, 0.15) is 85.5 Å². The van der Waals surface area contributed by atoms with Gasteiger partial charge >= 0.3 is 0 Å². The molecule has 0 aromatic rings. The van der Waals surface area contributed by atoms with Crippen LogP contribution in [0.2, 0.25) is 0 Å². The monoisotopic (exact) mass is 936 g/mol. The van der Waals surface area contributed by atoms with Crippen LogP contribution in [0.5, 0.6) is 0 Å². The number of fused-ring (bicyclic) bond motifs is 7. The van der Waals surface area contributed by atoms with E-state index < -0.39 is 130 Å². The second kappa shape index (κ2) is 19.4. The van der Waals surface area contributed by atoms with Crippen LogP contribution in [-0.2, 0) is 33.2 Å². The minimum atomic E-state index is -1.77. The first kappa shape index (κ1) is 50.6. The van der Waals surface area contributed by atoms with Gasteiger partial charge in [-0.15, -0.1) is 0 Å². The number of rotatable bonds is 13. The SMILES string of the molecule is C[C@@H](CC[C@@]1(O)O[C@H]2[C@H](O)[C@H]3[C@@H]4CC[C@@H]5C[C@@H](O[C@@H]6O[C@H](CO)[C@H](O)[C@H](O)[C@H]6O[C@@H]6O[C@H](CO)[C@@H](O)[C@H](O)[C@H]6O)CC[C@]5(C)[C@H]4CC[C@]3(C)[C@H]2[C@@H]1C)CO[C@@H]1O[C@H](CO)[C@@H](O)[C@H](O)[C@H]1O. The third-order valence-corrected chi connectivity index (χ3v) is 18.0. The van der Waals surface area contributed by atoms with Crippen molar-refractivity contribution in [3.05, 3.63) is 0 Å². The predicted molar refractivity (Wildman–Crippen MR) is 220 cm³/mol. The average molecular weight is 937 g/mol. The summed E-state index contributed by atoms with van der Waals surface area (Å²) >= 11 is 0. The van der Waals surface area contributed by atoms with Gasteiger partial charge in [0.2, 0.25) is 0 Å². The van der Waals surface area contributed by atoms with Gasteiger partial charge in [-0.25, -0.2) is 0 Å². The van der Waals surface area contributed by atoms with Gasteiger partial charge in [0, 0.05) is 18.3 Å². The van der Waals surface area contributed by atoms with Gasteiger partial charge in [-0.2, -0.15) is 0 Å². The van der Waals surface area contributed by atoms with Gasteiger partial charge in [0.15, 0.2) is 24.7 Å². The first-order valence-electron chi connectivity index (χ1n) is 24.0. The third-order valence-electron chi connectivity index (χ3n) is 18.0. The fraction of sp³-hybridized carbons (Fsp3) is 1.00. The van der Waals surface area contributed by atoms with Crippen molar-refractivity contribution in [2.75, 3.05) is 26.4 Å². The van der Waals surface area contributed by atoms with Crippen molar-refractivity contribution < 1.29 is 99.5 Å².